The minimum atomic E-state index is -0.674. The van der Waals surface area contributed by atoms with E-state index >= 15 is 0 Å². The summed E-state index contributed by atoms with van der Waals surface area (Å²) in [5.74, 6) is -0.387. The van der Waals surface area contributed by atoms with Crippen molar-refractivity contribution in [3.05, 3.63) is 23.3 Å². The first-order valence-electron chi connectivity index (χ1n) is 5.95. The van der Waals surface area contributed by atoms with Gasteiger partial charge in [0.25, 0.3) is 0 Å². The summed E-state index contributed by atoms with van der Waals surface area (Å²) in [6, 6.07) is 0. The van der Waals surface area contributed by atoms with E-state index in [2.05, 4.69) is 26.0 Å². The lowest BCUT2D eigenvalue weighted by Crippen LogP contribution is -2.32. The molecule has 2 nitrogen and oxygen atoms in total. The highest BCUT2D eigenvalue weighted by Gasteiger charge is 2.37. The number of allylic oxidation sites excluding steroid dienone is 4. The first-order chi connectivity index (χ1) is 7.37. The molecule has 0 bridgehead atoms. The average molecular weight is 222 g/mol. The number of carbonyl (C=O) groups is 1. The highest BCUT2D eigenvalue weighted by Crippen LogP contribution is 2.39. The first kappa shape index (κ1) is 13.0. The van der Waals surface area contributed by atoms with Gasteiger partial charge in [-0.15, -0.1) is 0 Å². The topological polar surface area (TPSA) is 37.3 Å². The molecular weight excluding hydrogens is 200 g/mol. The van der Waals surface area contributed by atoms with Gasteiger partial charge < -0.3 is 5.11 Å². The average Bonchev–Trinajstić information content (AvgIpc) is 2.15. The van der Waals surface area contributed by atoms with Crippen LogP contribution in [0.2, 0.25) is 0 Å². The Labute approximate surface area is 98.1 Å². The summed E-state index contributed by atoms with van der Waals surface area (Å²) in [5.41, 5.74) is 1.94. The smallest absolute Gasteiger partial charge is 0.309 e. The fourth-order valence-electron chi connectivity index (χ4n) is 2.44. The Balaban J connectivity index is 2.91. The van der Waals surface area contributed by atoms with Crippen LogP contribution in [0.3, 0.4) is 0 Å². The molecule has 0 spiro atoms. The lowest BCUT2D eigenvalue weighted by atomic mass is 9.71. The van der Waals surface area contributed by atoms with Crippen LogP contribution in [0.25, 0.3) is 0 Å². The largest absolute Gasteiger partial charge is 0.481 e. The number of hydrogen-bond donors (Lipinski definition) is 1. The van der Waals surface area contributed by atoms with Crippen molar-refractivity contribution in [1.82, 2.24) is 0 Å². The van der Waals surface area contributed by atoms with E-state index in [4.69, 9.17) is 0 Å². The Morgan fingerprint density at radius 3 is 2.81 bits per heavy atom. The molecule has 2 atom stereocenters. The van der Waals surface area contributed by atoms with Crippen LogP contribution in [0, 0.1) is 11.3 Å². The quantitative estimate of drug-likeness (QED) is 0.738. The van der Waals surface area contributed by atoms with E-state index in [1.54, 1.807) is 0 Å². The molecule has 0 fully saturated rings. The van der Waals surface area contributed by atoms with Crippen molar-refractivity contribution in [1.29, 1.82) is 0 Å². The molecule has 90 valence electrons. The summed E-state index contributed by atoms with van der Waals surface area (Å²) in [5, 5.41) is 9.28. The van der Waals surface area contributed by atoms with Crippen LogP contribution < -0.4 is 0 Å². The lowest BCUT2D eigenvalue weighted by Gasteiger charge is -2.32. The second-order valence-corrected chi connectivity index (χ2v) is 5.29. The predicted molar refractivity (Wildman–Crippen MR) is 66.3 cm³/mol. The highest BCUT2D eigenvalue weighted by molar-refractivity contribution is 5.75. The van der Waals surface area contributed by atoms with Gasteiger partial charge >= 0.3 is 5.97 Å². The maximum Gasteiger partial charge on any atom is 0.309 e. The Hall–Kier alpha value is -1.05. The molecule has 0 aromatic heterocycles. The summed E-state index contributed by atoms with van der Waals surface area (Å²) in [6.45, 7) is 8.12. The SMILES string of the molecule is CC/C(C)=C\C1C=C(C)C[C@@](C)(C(=O)O)C1. The van der Waals surface area contributed by atoms with Crippen LogP contribution in [0.15, 0.2) is 23.3 Å². The van der Waals surface area contributed by atoms with Gasteiger partial charge in [-0.25, -0.2) is 0 Å². The maximum absolute atomic E-state index is 11.3. The van der Waals surface area contributed by atoms with Gasteiger partial charge in [0.15, 0.2) is 0 Å². The number of aliphatic carboxylic acids is 1. The van der Waals surface area contributed by atoms with E-state index in [-0.39, 0.29) is 5.92 Å². The molecule has 0 aromatic rings. The molecule has 0 aliphatic heterocycles. The van der Waals surface area contributed by atoms with Crippen LogP contribution in [0.5, 0.6) is 0 Å². The van der Waals surface area contributed by atoms with E-state index in [0.717, 1.165) is 12.8 Å². The zero-order valence-corrected chi connectivity index (χ0v) is 10.7. The van der Waals surface area contributed by atoms with Gasteiger partial charge in [0.1, 0.15) is 0 Å². The van der Waals surface area contributed by atoms with E-state index in [9.17, 15) is 9.90 Å². The third-order valence-corrected chi connectivity index (χ3v) is 3.43. The number of carboxylic acid groups (broad SMARTS) is 1. The van der Waals surface area contributed by atoms with Crippen molar-refractivity contribution in [2.45, 2.75) is 47.0 Å². The van der Waals surface area contributed by atoms with E-state index in [1.165, 1.54) is 11.1 Å². The molecule has 1 aliphatic rings. The summed E-state index contributed by atoms with van der Waals surface area (Å²) >= 11 is 0. The van der Waals surface area contributed by atoms with Crippen LogP contribution in [-0.4, -0.2) is 11.1 Å². The van der Waals surface area contributed by atoms with Crippen molar-refractivity contribution >= 4 is 5.97 Å². The van der Waals surface area contributed by atoms with Crippen molar-refractivity contribution in [2.75, 3.05) is 0 Å². The van der Waals surface area contributed by atoms with Gasteiger partial charge in [-0.2, -0.15) is 0 Å². The standard InChI is InChI=1S/C14H22O2/c1-5-10(2)6-12-7-11(3)8-14(4,9-12)13(15)16/h6-7,12H,5,8-9H2,1-4H3,(H,15,16)/b10-6-/t12?,14-/m1/s1. The van der Waals surface area contributed by atoms with Crippen LogP contribution in [0.1, 0.15) is 47.0 Å². The molecule has 0 heterocycles. The fraction of sp³-hybridized carbons (Fsp3) is 0.643. The van der Waals surface area contributed by atoms with E-state index in [0.29, 0.717) is 6.42 Å². The van der Waals surface area contributed by atoms with Gasteiger partial charge in [-0.1, -0.05) is 30.2 Å². The number of hydrogen-bond acceptors (Lipinski definition) is 1. The normalized spacial score (nSPS) is 31.1. The Morgan fingerprint density at radius 1 is 1.69 bits per heavy atom. The summed E-state index contributed by atoms with van der Waals surface area (Å²) in [4.78, 5) is 11.3. The molecule has 0 saturated heterocycles. The molecule has 0 aromatic carbocycles. The Morgan fingerprint density at radius 2 is 2.31 bits per heavy atom. The number of rotatable bonds is 3. The summed E-state index contributed by atoms with van der Waals surface area (Å²) in [7, 11) is 0. The molecule has 1 N–H and O–H groups in total. The minimum Gasteiger partial charge on any atom is -0.481 e. The molecule has 2 heteroatoms. The molecule has 16 heavy (non-hydrogen) atoms. The summed E-state index contributed by atoms with van der Waals surface area (Å²) in [6.07, 6.45) is 6.86. The van der Waals surface area contributed by atoms with Crippen LogP contribution in [-0.2, 0) is 4.79 Å². The zero-order chi connectivity index (χ0) is 12.3. The van der Waals surface area contributed by atoms with Crippen molar-refractivity contribution in [3.8, 4) is 0 Å². The zero-order valence-electron chi connectivity index (χ0n) is 10.7. The summed E-state index contributed by atoms with van der Waals surface area (Å²) < 4.78 is 0. The van der Waals surface area contributed by atoms with Crippen molar-refractivity contribution < 1.29 is 9.90 Å². The predicted octanol–water partition coefficient (Wildman–Crippen LogP) is 3.79. The Kier molecular flexibility index (Phi) is 3.95. The maximum atomic E-state index is 11.3. The third kappa shape index (κ3) is 2.97. The third-order valence-electron chi connectivity index (χ3n) is 3.43. The van der Waals surface area contributed by atoms with E-state index < -0.39 is 11.4 Å². The van der Waals surface area contributed by atoms with Gasteiger partial charge in [0.2, 0.25) is 0 Å². The van der Waals surface area contributed by atoms with Crippen molar-refractivity contribution in [2.24, 2.45) is 11.3 Å². The second kappa shape index (κ2) is 4.86. The highest BCUT2D eigenvalue weighted by atomic mass is 16.4. The van der Waals surface area contributed by atoms with Gasteiger partial charge in [-0.05, 0) is 46.0 Å². The van der Waals surface area contributed by atoms with Gasteiger partial charge in [-0.3, -0.25) is 4.79 Å². The fourth-order valence-corrected chi connectivity index (χ4v) is 2.44. The van der Waals surface area contributed by atoms with Gasteiger partial charge in [0, 0.05) is 0 Å². The van der Waals surface area contributed by atoms with Crippen molar-refractivity contribution in [3.63, 3.8) is 0 Å². The lowest BCUT2D eigenvalue weighted by molar-refractivity contribution is -0.148. The van der Waals surface area contributed by atoms with Crippen LogP contribution in [0.4, 0.5) is 0 Å². The molecule has 0 saturated carbocycles. The molecule has 1 aliphatic carbocycles. The van der Waals surface area contributed by atoms with E-state index in [1.807, 2.05) is 13.8 Å². The molecule has 1 unspecified atom stereocenters. The Bertz CT molecular complexity index is 339. The second-order valence-electron chi connectivity index (χ2n) is 5.29. The van der Waals surface area contributed by atoms with Crippen LogP contribution >= 0.6 is 0 Å². The molecule has 0 radical (unpaired) electrons. The molecule has 1 rings (SSSR count). The number of carboxylic acids is 1. The molecular formula is C14H22O2. The minimum absolute atomic E-state index is 0.287. The first-order valence-corrected chi connectivity index (χ1v) is 5.95. The monoisotopic (exact) mass is 222 g/mol. The molecule has 0 amide bonds. The van der Waals surface area contributed by atoms with Gasteiger partial charge in [0.05, 0.1) is 5.41 Å².